The molecule has 6 rings (SSSR count). The molecule has 164 valence electrons. The molecule has 0 aliphatic heterocycles. The SMILES string of the molecule is O=c1[nH][nH]c2cc(Nc3nc(Nc4cc(C5CC5)n[nH]4)cc(Oc4ccccc4)n3)ccc12. The van der Waals surface area contributed by atoms with Crippen LogP contribution >= 0.6 is 0 Å². The first-order valence-corrected chi connectivity index (χ1v) is 10.6. The Balaban J connectivity index is 1.31. The van der Waals surface area contributed by atoms with Crippen molar-refractivity contribution in [1.82, 2.24) is 30.4 Å². The Morgan fingerprint density at radius 2 is 1.82 bits per heavy atom. The molecule has 2 aromatic carbocycles. The van der Waals surface area contributed by atoms with Gasteiger partial charge in [0.25, 0.3) is 5.56 Å². The van der Waals surface area contributed by atoms with E-state index in [2.05, 4.69) is 41.0 Å². The van der Waals surface area contributed by atoms with E-state index < -0.39 is 0 Å². The van der Waals surface area contributed by atoms with Gasteiger partial charge in [-0.05, 0) is 43.2 Å². The first-order valence-electron chi connectivity index (χ1n) is 10.6. The maximum atomic E-state index is 11.8. The van der Waals surface area contributed by atoms with Crippen molar-refractivity contribution in [3.05, 3.63) is 76.7 Å². The summed E-state index contributed by atoms with van der Waals surface area (Å²) in [6.07, 6.45) is 2.36. The number of ether oxygens (including phenoxy) is 1. The number of aromatic nitrogens is 6. The number of H-pyrrole nitrogens is 3. The van der Waals surface area contributed by atoms with Gasteiger partial charge in [0.05, 0.1) is 16.6 Å². The lowest BCUT2D eigenvalue weighted by atomic mass is 10.2. The van der Waals surface area contributed by atoms with E-state index in [4.69, 9.17) is 4.74 Å². The number of rotatable bonds is 7. The molecule has 0 saturated heterocycles. The monoisotopic (exact) mass is 440 g/mol. The van der Waals surface area contributed by atoms with Crippen molar-refractivity contribution in [3.8, 4) is 11.6 Å². The van der Waals surface area contributed by atoms with E-state index >= 15 is 0 Å². The van der Waals surface area contributed by atoms with Crippen molar-refractivity contribution in [1.29, 1.82) is 0 Å². The van der Waals surface area contributed by atoms with Gasteiger partial charge in [-0.25, -0.2) is 0 Å². The summed E-state index contributed by atoms with van der Waals surface area (Å²) in [5, 5.41) is 19.8. The third-order valence-electron chi connectivity index (χ3n) is 5.36. The molecule has 1 aliphatic carbocycles. The molecule has 0 radical (unpaired) electrons. The Morgan fingerprint density at radius 3 is 2.67 bits per heavy atom. The van der Waals surface area contributed by atoms with E-state index in [1.165, 1.54) is 12.8 Å². The number of benzene rings is 2. The number of aromatic amines is 3. The lowest BCUT2D eigenvalue weighted by Gasteiger charge is -2.11. The summed E-state index contributed by atoms with van der Waals surface area (Å²) in [6.45, 7) is 0. The second-order valence-electron chi connectivity index (χ2n) is 7.90. The predicted octanol–water partition coefficient (Wildman–Crippen LogP) is 4.53. The van der Waals surface area contributed by atoms with Crippen LogP contribution in [0.25, 0.3) is 10.9 Å². The maximum absolute atomic E-state index is 11.8. The molecule has 33 heavy (non-hydrogen) atoms. The zero-order valence-electron chi connectivity index (χ0n) is 17.4. The van der Waals surface area contributed by atoms with Gasteiger partial charge in [0.2, 0.25) is 11.8 Å². The number of fused-ring (bicyclic) bond motifs is 1. The normalized spacial score (nSPS) is 13.2. The van der Waals surface area contributed by atoms with Crippen molar-refractivity contribution in [2.75, 3.05) is 10.6 Å². The minimum atomic E-state index is -0.164. The fourth-order valence-electron chi connectivity index (χ4n) is 3.58. The van der Waals surface area contributed by atoms with E-state index in [1.54, 1.807) is 18.2 Å². The predicted molar refractivity (Wildman–Crippen MR) is 125 cm³/mol. The molecule has 10 heteroatoms. The quantitative estimate of drug-likeness (QED) is 0.251. The number of nitrogens with zero attached hydrogens (tertiary/aromatic N) is 3. The van der Waals surface area contributed by atoms with Gasteiger partial charge in [-0.1, -0.05) is 18.2 Å². The van der Waals surface area contributed by atoms with Crippen molar-refractivity contribution >= 4 is 34.2 Å². The highest BCUT2D eigenvalue weighted by Gasteiger charge is 2.26. The van der Waals surface area contributed by atoms with E-state index in [-0.39, 0.29) is 5.56 Å². The Labute approximate surface area is 187 Å². The van der Waals surface area contributed by atoms with Crippen LogP contribution in [0.3, 0.4) is 0 Å². The molecule has 5 aromatic rings. The molecule has 10 nitrogen and oxygen atoms in total. The minimum Gasteiger partial charge on any atom is -0.439 e. The summed E-state index contributed by atoms with van der Waals surface area (Å²) < 4.78 is 5.95. The summed E-state index contributed by atoms with van der Waals surface area (Å²) in [4.78, 5) is 20.9. The van der Waals surface area contributed by atoms with Gasteiger partial charge < -0.3 is 15.4 Å². The molecule has 0 amide bonds. The van der Waals surface area contributed by atoms with Crippen LogP contribution in [0.15, 0.2) is 65.5 Å². The number of hydrogen-bond donors (Lipinski definition) is 5. The number of nitrogens with one attached hydrogen (secondary N) is 5. The maximum Gasteiger partial charge on any atom is 0.271 e. The molecular formula is C23H20N8O2. The highest BCUT2D eigenvalue weighted by atomic mass is 16.5. The number of anilines is 4. The molecule has 0 atom stereocenters. The third-order valence-corrected chi connectivity index (χ3v) is 5.36. The second-order valence-corrected chi connectivity index (χ2v) is 7.90. The lowest BCUT2D eigenvalue weighted by molar-refractivity contribution is 0.463. The van der Waals surface area contributed by atoms with Crippen molar-refractivity contribution in [2.45, 2.75) is 18.8 Å². The Kier molecular flexibility index (Phi) is 4.53. The third kappa shape index (κ3) is 4.13. The molecule has 5 N–H and O–H groups in total. The topological polar surface area (TPSA) is 136 Å². The van der Waals surface area contributed by atoms with Crippen LogP contribution < -0.4 is 20.9 Å². The van der Waals surface area contributed by atoms with Crippen LogP contribution in [-0.2, 0) is 0 Å². The second kappa shape index (κ2) is 7.83. The van der Waals surface area contributed by atoms with Crippen LogP contribution in [0.4, 0.5) is 23.3 Å². The van der Waals surface area contributed by atoms with Crippen LogP contribution in [0, 0.1) is 0 Å². The van der Waals surface area contributed by atoms with Gasteiger partial charge in [0.15, 0.2) is 0 Å². The van der Waals surface area contributed by atoms with E-state index in [0.29, 0.717) is 40.2 Å². The van der Waals surface area contributed by atoms with Gasteiger partial charge >= 0.3 is 0 Å². The highest BCUT2D eigenvalue weighted by Crippen LogP contribution is 2.39. The van der Waals surface area contributed by atoms with Crippen molar-refractivity contribution in [2.24, 2.45) is 0 Å². The van der Waals surface area contributed by atoms with Crippen LogP contribution in [0.5, 0.6) is 11.6 Å². The van der Waals surface area contributed by atoms with Crippen LogP contribution in [0.2, 0.25) is 0 Å². The zero-order valence-corrected chi connectivity index (χ0v) is 17.4. The van der Waals surface area contributed by atoms with Crippen LogP contribution in [-0.4, -0.2) is 30.4 Å². The summed E-state index contributed by atoms with van der Waals surface area (Å²) in [5.74, 6) is 3.21. The standard InChI is InChI=1S/C23H20N8O2/c32-22-16-9-8-14(10-18(16)29-31-22)24-23-26-19(25-20-11-17(28-30-20)13-6-7-13)12-21(27-23)33-15-4-2-1-3-5-15/h1-5,8-13H,6-7H2,(H2,29,31,32)(H3,24,25,26,27,28,30). The Morgan fingerprint density at radius 1 is 0.939 bits per heavy atom. The number of para-hydroxylation sites is 1. The molecule has 0 spiro atoms. The molecule has 1 aliphatic rings. The average molecular weight is 440 g/mol. The minimum absolute atomic E-state index is 0.164. The molecule has 3 aromatic heterocycles. The van der Waals surface area contributed by atoms with E-state index in [0.717, 1.165) is 17.2 Å². The average Bonchev–Trinajstić information content (AvgIpc) is 3.46. The van der Waals surface area contributed by atoms with Gasteiger partial charge in [-0.15, -0.1) is 0 Å². The highest BCUT2D eigenvalue weighted by molar-refractivity contribution is 5.82. The lowest BCUT2D eigenvalue weighted by Crippen LogP contribution is -2.03. The Hall–Kier alpha value is -4.60. The molecule has 0 unspecified atom stereocenters. The van der Waals surface area contributed by atoms with E-state index in [1.807, 2.05) is 42.5 Å². The molecular weight excluding hydrogens is 420 g/mol. The van der Waals surface area contributed by atoms with Gasteiger partial charge in [0.1, 0.15) is 17.4 Å². The molecule has 1 fully saturated rings. The van der Waals surface area contributed by atoms with Gasteiger partial charge in [-0.2, -0.15) is 15.1 Å². The number of hydrogen-bond acceptors (Lipinski definition) is 7. The summed E-state index contributed by atoms with van der Waals surface area (Å²) >= 11 is 0. The summed E-state index contributed by atoms with van der Waals surface area (Å²) in [6, 6.07) is 18.5. The zero-order chi connectivity index (χ0) is 22.2. The van der Waals surface area contributed by atoms with Gasteiger partial charge in [0, 0.05) is 23.7 Å². The largest absolute Gasteiger partial charge is 0.439 e. The first-order chi connectivity index (χ1) is 16.2. The first kappa shape index (κ1) is 19.1. The summed E-state index contributed by atoms with van der Waals surface area (Å²) in [7, 11) is 0. The van der Waals surface area contributed by atoms with Crippen molar-refractivity contribution in [3.63, 3.8) is 0 Å². The smallest absolute Gasteiger partial charge is 0.271 e. The molecule has 3 heterocycles. The fourth-order valence-corrected chi connectivity index (χ4v) is 3.58. The molecule has 1 saturated carbocycles. The van der Waals surface area contributed by atoms with Crippen molar-refractivity contribution < 1.29 is 4.74 Å². The van der Waals surface area contributed by atoms with Crippen LogP contribution in [0.1, 0.15) is 24.5 Å². The molecule has 0 bridgehead atoms. The summed E-state index contributed by atoms with van der Waals surface area (Å²) in [5.41, 5.74) is 2.30. The Bertz CT molecular complexity index is 1480. The fraction of sp³-hybridized carbons (Fsp3) is 0.130. The van der Waals surface area contributed by atoms with E-state index in [9.17, 15) is 4.79 Å². The van der Waals surface area contributed by atoms with Gasteiger partial charge in [-0.3, -0.25) is 20.1 Å².